The van der Waals surface area contributed by atoms with Crippen LogP contribution in [-0.2, 0) is 28.5 Å². The first kappa shape index (κ1) is 37.0. The van der Waals surface area contributed by atoms with E-state index in [1.165, 1.54) is 11.1 Å². The van der Waals surface area contributed by atoms with Gasteiger partial charge in [0, 0.05) is 5.92 Å². The van der Waals surface area contributed by atoms with Crippen LogP contribution in [0.5, 0.6) is 0 Å². The lowest BCUT2D eigenvalue weighted by Gasteiger charge is -2.46. The molecule has 0 amide bonds. The molecule has 6 aliphatic rings. The molecule has 0 radical (unpaired) electrons. The number of hydrogen-bond acceptors (Lipinski definition) is 9. The molecule has 0 aromatic rings. The molecule has 0 aromatic carbocycles. The first-order chi connectivity index (χ1) is 22.9. The first-order valence-electron chi connectivity index (χ1n) is 19.2. The van der Waals surface area contributed by atoms with Gasteiger partial charge in [0.1, 0.15) is 12.2 Å². The van der Waals surface area contributed by atoms with Gasteiger partial charge in [0.25, 0.3) is 0 Å². The molecule has 0 unspecified atom stereocenters. The van der Waals surface area contributed by atoms with Crippen molar-refractivity contribution in [3.05, 3.63) is 23.3 Å². The summed E-state index contributed by atoms with van der Waals surface area (Å²) in [4.78, 5) is 27.7. The largest absolute Gasteiger partial charge is 0.459 e. The zero-order chi connectivity index (χ0) is 35.4. The topological polar surface area (TPSA) is 138 Å². The van der Waals surface area contributed by atoms with E-state index in [9.17, 15) is 24.9 Å². The lowest BCUT2D eigenvalue weighted by atomic mass is 9.69. The van der Waals surface area contributed by atoms with E-state index >= 15 is 0 Å². The summed E-state index contributed by atoms with van der Waals surface area (Å²) < 4.78 is 24.3. The summed E-state index contributed by atoms with van der Waals surface area (Å²) >= 11 is 0. The number of epoxide rings is 2. The number of carbonyl (C=O) groups excluding carboxylic acids is 2. The van der Waals surface area contributed by atoms with E-state index in [4.69, 9.17) is 18.9 Å². The molecule has 4 bridgehead atoms. The van der Waals surface area contributed by atoms with Crippen LogP contribution in [0.25, 0.3) is 0 Å². The number of esters is 2. The second-order valence-electron chi connectivity index (χ2n) is 17.7. The van der Waals surface area contributed by atoms with Gasteiger partial charge in [-0.3, -0.25) is 4.79 Å². The number of ether oxygens (including phenoxy) is 4. The van der Waals surface area contributed by atoms with Gasteiger partial charge in [0.15, 0.2) is 5.60 Å². The fraction of sp³-hybridized carbons (Fsp3) is 0.850. The SMILES string of the molecule is C/C1=C/CC[C@](C)(O)[C@@H]2C[C@@H](CC[C@]3(C)O[C@H]3CC1)[C@H](CC[C@@]1(O)C(=O)O[C@H]3C[C@H]1CC[C@]1(C)O[C@H]1CC/C(C)=C\CC[C@]3(C)O)C(=O)O2. The van der Waals surface area contributed by atoms with Crippen LogP contribution in [0.1, 0.15) is 144 Å². The second kappa shape index (κ2) is 13.6. The van der Waals surface area contributed by atoms with Crippen LogP contribution in [0.3, 0.4) is 0 Å². The zero-order valence-electron chi connectivity index (χ0n) is 30.8. The molecule has 3 N–H and O–H groups in total. The second-order valence-corrected chi connectivity index (χ2v) is 17.7. The van der Waals surface area contributed by atoms with Gasteiger partial charge in [-0.15, -0.1) is 0 Å². The molecule has 0 saturated carbocycles. The molecule has 4 fully saturated rings. The third-order valence-electron chi connectivity index (χ3n) is 13.6. The number of allylic oxidation sites excluding steroid dienone is 4. The van der Waals surface area contributed by atoms with E-state index in [-0.39, 0.29) is 48.1 Å². The van der Waals surface area contributed by atoms with Gasteiger partial charge < -0.3 is 34.3 Å². The Morgan fingerprint density at radius 3 is 1.80 bits per heavy atom. The summed E-state index contributed by atoms with van der Waals surface area (Å²) in [5, 5.41) is 35.3. The summed E-state index contributed by atoms with van der Waals surface area (Å²) in [6.07, 6.45) is 13.4. The first-order valence-corrected chi connectivity index (χ1v) is 19.2. The minimum Gasteiger partial charge on any atom is -0.459 e. The van der Waals surface area contributed by atoms with Crippen molar-refractivity contribution in [3.63, 3.8) is 0 Å². The van der Waals surface area contributed by atoms with Gasteiger partial charge in [-0.25, -0.2) is 4.79 Å². The molecule has 4 saturated heterocycles. The highest BCUT2D eigenvalue weighted by Gasteiger charge is 2.58. The minimum atomic E-state index is -1.80. The van der Waals surface area contributed by atoms with Crippen LogP contribution >= 0.6 is 0 Å². The molecule has 276 valence electrons. The average Bonchev–Trinajstić information content (AvgIpc) is 3.90. The van der Waals surface area contributed by atoms with Crippen LogP contribution in [0.2, 0.25) is 0 Å². The Balaban J connectivity index is 1.20. The van der Waals surface area contributed by atoms with Crippen molar-refractivity contribution < 1.29 is 43.9 Å². The summed E-state index contributed by atoms with van der Waals surface area (Å²) in [5.74, 6) is -2.16. The Bertz CT molecular complexity index is 1320. The number of hydrogen-bond donors (Lipinski definition) is 3. The van der Waals surface area contributed by atoms with Crippen molar-refractivity contribution in [2.45, 2.75) is 197 Å². The minimum absolute atomic E-state index is 0.0616. The fourth-order valence-electron chi connectivity index (χ4n) is 9.43. The molecule has 2 aliphatic carbocycles. The summed E-state index contributed by atoms with van der Waals surface area (Å²) in [5.41, 5.74) is -2.18. The molecule has 9 nitrogen and oxygen atoms in total. The van der Waals surface area contributed by atoms with E-state index in [0.29, 0.717) is 51.4 Å². The lowest BCUT2D eigenvalue weighted by molar-refractivity contribution is -0.215. The molecule has 0 spiro atoms. The third-order valence-corrected chi connectivity index (χ3v) is 13.6. The molecule has 12 atom stereocenters. The number of carbonyl (C=O) groups is 2. The Kier molecular flexibility index (Phi) is 10.3. The van der Waals surface area contributed by atoms with Crippen LogP contribution in [0.15, 0.2) is 23.3 Å². The van der Waals surface area contributed by atoms with Gasteiger partial charge in [-0.2, -0.15) is 0 Å². The number of aliphatic hydroxyl groups is 3. The van der Waals surface area contributed by atoms with E-state index in [2.05, 4.69) is 39.8 Å². The van der Waals surface area contributed by atoms with Crippen molar-refractivity contribution in [1.29, 1.82) is 0 Å². The van der Waals surface area contributed by atoms with Crippen LogP contribution in [0.4, 0.5) is 0 Å². The van der Waals surface area contributed by atoms with Crippen molar-refractivity contribution in [2.24, 2.45) is 17.8 Å². The Morgan fingerprint density at radius 1 is 0.694 bits per heavy atom. The molecule has 9 heteroatoms. The molecular weight excluding hydrogens is 624 g/mol. The van der Waals surface area contributed by atoms with Crippen LogP contribution < -0.4 is 0 Å². The van der Waals surface area contributed by atoms with Gasteiger partial charge in [-0.05, 0) is 150 Å². The standard InChI is InChI=1S/C40H62O9/c1-25-9-7-18-36(3,43)32-23-27(15-20-38(5)30(48-38)13-11-25)29(34(41)46-32)17-22-40(45)28-16-21-39(6)31(49-39)14-12-26(2)10-8-19-37(4,44)33(24-28)47-35(40)42/h9-10,27-33,43-45H,7-8,11-24H2,1-6H3/b25-9-,26-10-/t27-,28-,29+,30+,31+,32+,33+,36+,37+,38+,39+,40+/m1/s1. The number of fused-ring (bicyclic) bond motifs is 6. The van der Waals surface area contributed by atoms with Gasteiger partial charge >= 0.3 is 11.9 Å². The molecule has 49 heavy (non-hydrogen) atoms. The van der Waals surface area contributed by atoms with Crippen molar-refractivity contribution >= 4 is 11.9 Å². The normalized spacial score (nSPS) is 50.3. The highest BCUT2D eigenvalue weighted by molar-refractivity contribution is 5.81. The average molecular weight is 687 g/mol. The number of rotatable bonds is 3. The summed E-state index contributed by atoms with van der Waals surface area (Å²) in [7, 11) is 0. The van der Waals surface area contributed by atoms with Crippen LogP contribution in [0, 0.1) is 17.8 Å². The third kappa shape index (κ3) is 8.01. The fourth-order valence-corrected chi connectivity index (χ4v) is 9.43. The molecule has 4 aliphatic heterocycles. The molecule has 6 rings (SSSR count). The van der Waals surface area contributed by atoms with E-state index in [1.54, 1.807) is 13.8 Å². The lowest BCUT2D eigenvalue weighted by Crippen LogP contribution is -2.58. The predicted octanol–water partition coefficient (Wildman–Crippen LogP) is 6.40. The van der Waals surface area contributed by atoms with Gasteiger partial charge in [0.2, 0.25) is 0 Å². The van der Waals surface area contributed by atoms with Gasteiger partial charge in [-0.1, -0.05) is 23.3 Å². The van der Waals surface area contributed by atoms with E-state index < -0.39 is 46.8 Å². The Morgan fingerprint density at radius 2 is 1.22 bits per heavy atom. The smallest absolute Gasteiger partial charge is 0.338 e. The van der Waals surface area contributed by atoms with Crippen molar-refractivity contribution in [2.75, 3.05) is 0 Å². The van der Waals surface area contributed by atoms with Crippen LogP contribution in [-0.4, -0.2) is 79.7 Å². The Labute approximate surface area is 293 Å². The predicted molar refractivity (Wildman–Crippen MR) is 184 cm³/mol. The molecular formula is C40H62O9. The zero-order valence-corrected chi connectivity index (χ0v) is 30.8. The highest BCUT2D eigenvalue weighted by Crippen LogP contribution is 2.50. The molecule has 0 aromatic heterocycles. The monoisotopic (exact) mass is 686 g/mol. The van der Waals surface area contributed by atoms with E-state index in [1.807, 2.05) is 0 Å². The maximum absolute atomic E-state index is 13.9. The van der Waals surface area contributed by atoms with E-state index in [0.717, 1.165) is 38.5 Å². The summed E-state index contributed by atoms with van der Waals surface area (Å²) in [6.45, 7) is 12.0. The van der Waals surface area contributed by atoms with Crippen molar-refractivity contribution in [1.82, 2.24) is 0 Å². The maximum Gasteiger partial charge on any atom is 0.338 e. The van der Waals surface area contributed by atoms with Gasteiger partial charge in [0.05, 0.1) is 40.5 Å². The quantitative estimate of drug-likeness (QED) is 0.175. The highest BCUT2D eigenvalue weighted by atomic mass is 16.6. The molecule has 4 heterocycles. The Hall–Kier alpha value is -1.78. The summed E-state index contributed by atoms with van der Waals surface area (Å²) in [6, 6.07) is 0. The van der Waals surface area contributed by atoms with Crippen molar-refractivity contribution in [3.8, 4) is 0 Å². The maximum atomic E-state index is 13.9.